The van der Waals surface area contributed by atoms with Gasteiger partial charge in [0.05, 0.1) is 17.9 Å². The van der Waals surface area contributed by atoms with Gasteiger partial charge < -0.3 is 18.5 Å². The van der Waals surface area contributed by atoms with E-state index in [-0.39, 0.29) is 5.75 Å². The number of rotatable bonds is 9. The first kappa shape index (κ1) is 20.7. The summed E-state index contributed by atoms with van der Waals surface area (Å²) in [6.07, 6.45) is 4.75. The van der Waals surface area contributed by atoms with Crippen LogP contribution in [0.5, 0.6) is 11.5 Å². The third kappa shape index (κ3) is 5.71. The van der Waals surface area contributed by atoms with Crippen molar-refractivity contribution in [2.24, 2.45) is 7.05 Å². The van der Waals surface area contributed by atoms with Crippen LogP contribution in [0.2, 0.25) is 0 Å². The highest BCUT2D eigenvalue weighted by atomic mass is 32.2. The molecular weight excluding hydrogens is 394 g/mol. The Bertz CT molecular complexity index is 1010. The zero-order valence-corrected chi connectivity index (χ0v) is 17.0. The lowest BCUT2D eigenvalue weighted by Gasteiger charge is -2.07. The maximum absolute atomic E-state index is 12.3. The van der Waals surface area contributed by atoms with Crippen molar-refractivity contribution in [1.82, 2.24) is 14.8 Å². The van der Waals surface area contributed by atoms with Crippen molar-refractivity contribution in [2.45, 2.75) is 30.7 Å². The van der Waals surface area contributed by atoms with Crippen molar-refractivity contribution >= 4 is 17.7 Å². The molecule has 3 aromatic rings. The van der Waals surface area contributed by atoms with E-state index in [0.717, 1.165) is 19.1 Å². The smallest absolute Gasteiger partial charge is 0.343 e. The second-order valence-corrected chi connectivity index (χ2v) is 7.15. The molecule has 0 bridgehead atoms. The van der Waals surface area contributed by atoms with Crippen LogP contribution in [0.15, 0.2) is 57.3 Å². The normalized spacial score (nSPS) is 10.7. The van der Waals surface area contributed by atoms with Crippen LogP contribution in [-0.2, 0) is 12.8 Å². The van der Waals surface area contributed by atoms with Crippen LogP contribution in [0.3, 0.4) is 0 Å². The molecule has 0 aliphatic heterocycles. The van der Waals surface area contributed by atoms with Gasteiger partial charge in [-0.15, -0.1) is 10.2 Å². The summed E-state index contributed by atoms with van der Waals surface area (Å²) < 4.78 is 17.9. The van der Waals surface area contributed by atoms with Crippen LogP contribution < -0.4 is 14.9 Å². The first-order valence-corrected chi connectivity index (χ1v) is 10.1. The average Bonchev–Trinajstić information content (AvgIpc) is 3.13. The Kier molecular flexibility index (Phi) is 7.07. The van der Waals surface area contributed by atoms with Gasteiger partial charge in [0.1, 0.15) is 24.1 Å². The lowest BCUT2D eigenvalue weighted by molar-refractivity contribution is 0.0728. The highest BCUT2D eigenvalue weighted by Crippen LogP contribution is 2.20. The Hall–Kier alpha value is -3.07. The van der Waals surface area contributed by atoms with Crippen LogP contribution in [0.1, 0.15) is 35.9 Å². The van der Waals surface area contributed by atoms with Crippen LogP contribution in [-0.4, -0.2) is 27.3 Å². The molecule has 0 saturated heterocycles. The van der Waals surface area contributed by atoms with Crippen molar-refractivity contribution in [3.63, 3.8) is 0 Å². The van der Waals surface area contributed by atoms with Gasteiger partial charge in [-0.2, -0.15) is 0 Å². The van der Waals surface area contributed by atoms with Crippen LogP contribution in [0.25, 0.3) is 0 Å². The third-order valence-corrected chi connectivity index (χ3v) is 4.98. The Morgan fingerprint density at radius 1 is 1.28 bits per heavy atom. The van der Waals surface area contributed by atoms with Crippen molar-refractivity contribution in [2.75, 3.05) is 6.61 Å². The largest absolute Gasteiger partial charge is 0.494 e. The number of ether oxygens (including phenoxy) is 2. The van der Waals surface area contributed by atoms with Gasteiger partial charge in [-0.3, -0.25) is 4.79 Å². The molecule has 2 heterocycles. The number of benzene rings is 1. The molecule has 0 aliphatic rings. The molecule has 0 aliphatic carbocycles. The summed E-state index contributed by atoms with van der Waals surface area (Å²) >= 11 is 1.38. The average molecular weight is 415 g/mol. The van der Waals surface area contributed by atoms with Crippen molar-refractivity contribution in [1.29, 1.82) is 0 Å². The van der Waals surface area contributed by atoms with Crippen molar-refractivity contribution in [3.8, 4) is 11.5 Å². The first-order valence-electron chi connectivity index (χ1n) is 9.10. The van der Waals surface area contributed by atoms with E-state index in [1.54, 1.807) is 35.2 Å². The summed E-state index contributed by atoms with van der Waals surface area (Å²) in [6.45, 7) is 2.71. The summed E-state index contributed by atoms with van der Waals surface area (Å²) in [5.41, 5.74) is -0.119. The van der Waals surface area contributed by atoms with Gasteiger partial charge in [-0.1, -0.05) is 25.1 Å². The second kappa shape index (κ2) is 9.92. The number of unbranched alkanes of at least 4 members (excludes halogenated alkanes) is 1. The maximum Gasteiger partial charge on any atom is 0.343 e. The van der Waals surface area contributed by atoms with Gasteiger partial charge in [0.25, 0.3) is 0 Å². The molecule has 0 atom stereocenters. The van der Waals surface area contributed by atoms with E-state index in [9.17, 15) is 9.59 Å². The topological polar surface area (TPSA) is 96.4 Å². The van der Waals surface area contributed by atoms with Gasteiger partial charge >= 0.3 is 5.97 Å². The minimum Gasteiger partial charge on any atom is -0.494 e. The van der Waals surface area contributed by atoms with Gasteiger partial charge in [0.2, 0.25) is 11.2 Å². The van der Waals surface area contributed by atoms with Gasteiger partial charge in [-0.25, -0.2) is 4.79 Å². The fraction of sp³-hybridized carbons (Fsp3) is 0.300. The molecule has 1 aromatic carbocycles. The molecule has 2 aromatic heterocycles. The summed E-state index contributed by atoms with van der Waals surface area (Å²) in [4.78, 5) is 24.5. The summed E-state index contributed by atoms with van der Waals surface area (Å²) in [6, 6.07) is 7.88. The summed E-state index contributed by atoms with van der Waals surface area (Å²) in [5.74, 6) is 0.718. The molecule has 0 N–H and O–H groups in total. The van der Waals surface area contributed by atoms with E-state index in [4.69, 9.17) is 13.9 Å². The number of carbonyl (C=O) groups excluding carboxylic acids is 1. The Labute approximate surface area is 171 Å². The summed E-state index contributed by atoms with van der Waals surface area (Å²) in [7, 11) is 1.82. The fourth-order valence-corrected chi connectivity index (χ4v) is 3.09. The van der Waals surface area contributed by atoms with Gasteiger partial charge in [-0.05, 0) is 30.7 Å². The Balaban J connectivity index is 1.58. The number of thioether (sulfide) groups is 1. The molecule has 3 rings (SSSR count). The molecule has 9 heteroatoms. The summed E-state index contributed by atoms with van der Waals surface area (Å²) in [5, 5.41) is 8.43. The molecule has 0 unspecified atom stereocenters. The molecule has 8 nitrogen and oxygen atoms in total. The second-order valence-electron chi connectivity index (χ2n) is 6.20. The van der Waals surface area contributed by atoms with Crippen LogP contribution in [0, 0.1) is 0 Å². The van der Waals surface area contributed by atoms with E-state index in [1.165, 1.54) is 17.8 Å². The standard InChI is InChI=1S/C20H21N3O5S/c1-3-4-9-26-15-7-5-14(6-8-15)19(25)28-18-11-27-16(10-17(18)24)12-29-20-22-21-13-23(20)2/h5-8,10-11,13H,3-4,9,12H2,1-2H3. The third-order valence-electron chi connectivity index (χ3n) is 3.92. The van der Waals surface area contributed by atoms with Gasteiger partial charge in [0, 0.05) is 13.1 Å². The van der Waals surface area contributed by atoms with E-state index < -0.39 is 11.4 Å². The van der Waals surface area contributed by atoms with E-state index in [1.807, 2.05) is 7.05 Å². The quantitative estimate of drug-likeness (QED) is 0.298. The van der Waals surface area contributed by atoms with E-state index in [0.29, 0.717) is 34.6 Å². The van der Waals surface area contributed by atoms with E-state index >= 15 is 0 Å². The molecule has 0 amide bonds. The predicted molar refractivity (Wildman–Crippen MR) is 107 cm³/mol. The molecule has 0 spiro atoms. The van der Waals surface area contributed by atoms with Gasteiger partial charge in [0.15, 0.2) is 5.16 Å². The van der Waals surface area contributed by atoms with Crippen molar-refractivity contribution in [3.05, 3.63) is 64.5 Å². The predicted octanol–water partition coefficient (Wildman–Crippen LogP) is 3.46. The number of aromatic nitrogens is 3. The van der Waals surface area contributed by atoms with Crippen LogP contribution in [0.4, 0.5) is 0 Å². The molecule has 0 radical (unpaired) electrons. The molecule has 0 saturated carbocycles. The number of hydrogen-bond donors (Lipinski definition) is 0. The lowest BCUT2D eigenvalue weighted by atomic mass is 10.2. The molecule has 152 valence electrons. The zero-order chi connectivity index (χ0) is 20.6. The fourth-order valence-electron chi connectivity index (χ4n) is 2.31. The minimum absolute atomic E-state index is 0.161. The Morgan fingerprint density at radius 3 is 2.72 bits per heavy atom. The highest BCUT2D eigenvalue weighted by Gasteiger charge is 2.13. The zero-order valence-electron chi connectivity index (χ0n) is 16.2. The number of carbonyl (C=O) groups is 1. The Morgan fingerprint density at radius 2 is 2.07 bits per heavy atom. The number of aryl methyl sites for hydroxylation is 1. The van der Waals surface area contributed by atoms with Crippen LogP contribution >= 0.6 is 11.8 Å². The highest BCUT2D eigenvalue weighted by molar-refractivity contribution is 7.98. The first-order chi connectivity index (χ1) is 14.1. The van der Waals surface area contributed by atoms with E-state index in [2.05, 4.69) is 17.1 Å². The maximum atomic E-state index is 12.3. The number of esters is 1. The minimum atomic E-state index is -0.640. The number of hydrogen-bond acceptors (Lipinski definition) is 8. The monoisotopic (exact) mass is 415 g/mol. The molecule has 0 fully saturated rings. The number of nitrogens with zero attached hydrogens (tertiary/aromatic N) is 3. The van der Waals surface area contributed by atoms with Crippen molar-refractivity contribution < 1.29 is 18.7 Å². The molecule has 29 heavy (non-hydrogen) atoms. The lowest BCUT2D eigenvalue weighted by Crippen LogP contribution is -2.14. The molecular formula is C20H21N3O5S. The SMILES string of the molecule is CCCCOc1ccc(C(=O)Oc2coc(CSc3nncn3C)cc2=O)cc1.